The third kappa shape index (κ3) is 3.70. The molecule has 7 heteroatoms. The summed E-state index contributed by atoms with van der Waals surface area (Å²) in [5.41, 5.74) is 3.68. The van der Waals surface area contributed by atoms with Crippen molar-refractivity contribution < 1.29 is 14.4 Å². The number of nitrogens with zero attached hydrogens (tertiary/aromatic N) is 2. The average molecular weight is 456 g/mol. The Bertz CT molecular complexity index is 1400. The lowest BCUT2D eigenvalue weighted by Crippen LogP contribution is -2.29. The van der Waals surface area contributed by atoms with Crippen LogP contribution < -0.4 is 10.2 Å². The van der Waals surface area contributed by atoms with Crippen LogP contribution in [0.25, 0.3) is 10.2 Å². The van der Waals surface area contributed by atoms with Crippen LogP contribution in [0.4, 0.5) is 10.8 Å². The van der Waals surface area contributed by atoms with E-state index in [0.29, 0.717) is 27.5 Å². The van der Waals surface area contributed by atoms with Crippen molar-refractivity contribution in [3.05, 3.63) is 89.0 Å². The normalized spacial score (nSPS) is 13.5. The smallest absolute Gasteiger partial charge is 0.266 e. The number of imide groups is 1. The van der Waals surface area contributed by atoms with Gasteiger partial charge in [-0.3, -0.25) is 19.7 Å². The number of nitrogens with one attached hydrogen (secondary N) is 1. The van der Waals surface area contributed by atoms with Crippen molar-refractivity contribution in [2.75, 3.05) is 10.2 Å². The molecule has 3 aromatic carbocycles. The lowest BCUT2D eigenvalue weighted by Gasteiger charge is -2.18. The van der Waals surface area contributed by atoms with Gasteiger partial charge in [-0.2, -0.15) is 0 Å². The van der Waals surface area contributed by atoms with Crippen molar-refractivity contribution in [1.82, 2.24) is 4.98 Å². The second-order valence-corrected chi connectivity index (χ2v) is 9.97. The molecule has 1 aliphatic heterocycles. The zero-order valence-electron chi connectivity index (χ0n) is 18.4. The first-order valence-corrected chi connectivity index (χ1v) is 11.3. The van der Waals surface area contributed by atoms with E-state index in [1.54, 1.807) is 48.5 Å². The molecule has 0 bridgehead atoms. The molecular formula is C26H21N3O3S. The lowest BCUT2D eigenvalue weighted by molar-refractivity contribution is 0.0925. The minimum atomic E-state index is -0.364. The lowest BCUT2D eigenvalue weighted by atomic mass is 9.87. The second kappa shape index (κ2) is 7.64. The van der Waals surface area contributed by atoms with Crippen LogP contribution in [0.1, 0.15) is 57.4 Å². The highest BCUT2D eigenvalue weighted by Gasteiger charge is 2.36. The Kier molecular flexibility index (Phi) is 4.87. The Balaban J connectivity index is 1.34. The maximum atomic E-state index is 12.8. The second-order valence-electron chi connectivity index (χ2n) is 8.94. The molecule has 0 saturated carbocycles. The van der Waals surface area contributed by atoms with Gasteiger partial charge in [-0.15, -0.1) is 0 Å². The fourth-order valence-corrected chi connectivity index (χ4v) is 4.70. The SMILES string of the molecule is CC(C)(C)c1ccc2nc(NC(=O)c3ccc(N4C(=O)c5ccccc5C4=O)cc3)sc2c1. The summed E-state index contributed by atoms with van der Waals surface area (Å²) in [5.74, 6) is -1.03. The summed E-state index contributed by atoms with van der Waals surface area (Å²) in [4.78, 5) is 43.7. The molecule has 0 fully saturated rings. The van der Waals surface area contributed by atoms with E-state index in [-0.39, 0.29) is 23.1 Å². The van der Waals surface area contributed by atoms with Gasteiger partial charge in [0.2, 0.25) is 0 Å². The summed E-state index contributed by atoms with van der Waals surface area (Å²) in [6.45, 7) is 6.47. The largest absolute Gasteiger partial charge is 0.298 e. The van der Waals surface area contributed by atoms with E-state index < -0.39 is 0 Å². The zero-order chi connectivity index (χ0) is 23.3. The van der Waals surface area contributed by atoms with E-state index in [1.165, 1.54) is 16.9 Å². The monoisotopic (exact) mass is 455 g/mol. The molecular weight excluding hydrogens is 434 g/mol. The first-order valence-electron chi connectivity index (χ1n) is 10.5. The van der Waals surface area contributed by atoms with Gasteiger partial charge in [0.1, 0.15) is 0 Å². The number of carbonyl (C=O) groups is 3. The van der Waals surface area contributed by atoms with Crippen molar-refractivity contribution in [2.24, 2.45) is 0 Å². The molecule has 1 N–H and O–H groups in total. The van der Waals surface area contributed by atoms with Crippen molar-refractivity contribution in [2.45, 2.75) is 26.2 Å². The predicted octanol–water partition coefficient (Wildman–Crippen LogP) is 5.65. The minimum absolute atomic E-state index is 0.0306. The molecule has 0 aliphatic carbocycles. The molecule has 1 aromatic heterocycles. The summed E-state index contributed by atoms with van der Waals surface area (Å²) in [5, 5.41) is 3.37. The molecule has 0 saturated heterocycles. The van der Waals surface area contributed by atoms with Gasteiger partial charge in [0.25, 0.3) is 17.7 Å². The number of hydrogen-bond donors (Lipinski definition) is 1. The third-order valence-corrected chi connectivity index (χ3v) is 6.59. The number of aromatic nitrogens is 1. The van der Waals surface area contributed by atoms with Crippen molar-refractivity contribution in [3.8, 4) is 0 Å². The van der Waals surface area contributed by atoms with Crippen LogP contribution in [-0.4, -0.2) is 22.7 Å². The van der Waals surface area contributed by atoms with Gasteiger partial charge < -0.3 is 0 Å². The van der Waals surface area contributed by atoms with Gasteiger partial charge in [0, 0.05) is 5.56 Å². The van der Waals surface area contributed by atoms with E-state index in [2.05, 4.69) is 43.2 Å². The van der Waals surface area contributed by atoms with Gasteiger partial charge in [0.15, 0.2) is 5.13 Å². The fourth-order valence-electron chi connectivity index (χ4n) is 3.80. The third-order valence-electron chi connectivity index (χ3n) is 5.66. The molecule has 0 spiro atoms. The van der Waals surface area contributed by atoms with Crippen LogP contribution in [0.5, 0.6) is 0 Å². The summed E-state index contributed by atoms with van der Waals surface area (Å²) in [6, 6.07) is 19.3. The summed E-state index contributed by atoms with van der Waals surface area (Å²) in [7, 11) is 0. The molecule has 1 aliphatic rings. The Morgan fingerprint density at radius 3 is 2.15 bits per heavy atom. The molecule has 2 heterocycles. The number of anilines is 2. The number of amides is 3. The quantitative estimate of drug-likeness (QED) is 0.405. The fraction of sp³-hybridized carbons (Fsp3) is 0.154. The molecule has 33 heavy (non-hydrogen) atoms. The van der Waals surface area contributed by atoms with Gasteiger partial charge in [-0.1, -0.05) is 50.3 Å². The highest BCUT2D eigenvalue weighted by Crippen LogP contribution is 2.32. The van der Waals surface area contributed by atoms with E-state index in [1.807, 2.05) is 6.07 Å². The predicted molar refractivity (Wildman–Crippen MR) is 130 cm³/mol. The molecule has 0 unspecified atom stereocenters. The van der Waals surface area contributed by atoms with Gasteiger partial charge >= 0.3 is 0 Å². The minimum Gasteiger partial charge on any atom is -0.298 e. The van der Waals surface area contributed by atoms with Gasteiger partial charge in [-0.25, -0.2) is 9.88 Å². The molecule has 4 aromatic rings. The van der Waals surface area contributed by atoms with Crippen LogP contribution in [0.15, 0.2) is 66.7 Å². The summed E-state index contributed by atoms with van der Waals surface area (Å²) < 4.78 is 1.01. The van der Waals surface area contributed by atoms with Crippen LogP contribution in [0.3, 0.4) is 0 Å². The molecule has 0 radical (unpaired) electrons. The Hall–Kier alpha value is -3.84. The van der Waals surface area contributed by atoms with Crippen molar-refractivity contribution >= 4 is 50.1 Å². The summed E-state index contributed by atoms with van der Waals surface area (Å²) in [6.07, 6.45) is 0. The van der Waals surface area contributed by atoms with E-state index in [4.69, 9.17) is 0 Å². The van der Waals surface area contributed by atoms with E-state index in [9.17, 15) is 14.4 Å². The Labute approximate surface area is 194 Å². The maximum absolute atomic E-state index is 12.8. The van der Waals surface area contributed by atoms with Crippen molar-refractivity contribution in [1.29, 1.82) is 0 Å². The van der Waals surface area contributed by atoms with Crippen LogP contribution in [0, 0.1) is 0 Å². The highest BCUT2D eigenvalue weighted by molar-refractivity contribution is 7.22. The average Bonchev–Trinajstić information content (AvgIpc) is 3.31. The molecule has 3 amide bonds. The number of benzene rings is 3. The number of rotatable bonds is 3. The first kappa shape index (κ1) is 21.0. The number of fused-ring (bicyclic) bond motifs is 2. The highest BCUT2D eigenvalue weighted by atomic mass is 32.1. The van der Waals surface area contributed by atoms with Crippen molar-refractivity contribution in [3.63, 3.8) is 0 Å². The number of hydrogen-bond acceptors (Lipinski definition) is 5. The molecule has 164 valence electrons. The number of carbonyl (C=O) groups excluding carboxylic acids is 3. The first-order chi connectivity index (χ1) is 15.7. The van der Waals surface area contributed by atoms with E-state index >= 15 is 0 Å². The van der Waals surface area contributed by atoms with Crippen LogP contribution in [0.2, 0.25) is 0 Å². The Morgan fingerprint density at radius 2 is 1.55 bits per heavy atom. The molecule has 0 atom stereocenters. The number of thiazole rings is 1. The zero-order valence-corrected chi connectivity index (χ0v) is 19.2. The van der Waals surface area contributed by atoms with Crippen LogP contribution in [-0.2, 0) is 5.41 Å². The van der Waals surface area contributed by atoms with E-state index in [0.717, 1.165) is 15.1 Å². The van der Waals surface area contributed by atoms with Gasteiger partial charge in [-0.05, 0) is 59.5 Å². The topological polar surface area (TPSA) is 79.4 Å². The molecule has 5 rings (SSSR count). The maximum Gasteiger partial charge on any atom is 0.266 e. The Morgan fingerprint density at radius 1 is 0.909 bits per heavy atom. The molecule has 6 nitrogen and oxygen atoms in total. The summed E-state index contributed by atoms with van der Waals surface area (Å²) >= 11 is 1.43. The van der Waals surface area contributed by atoms with Crippen LogP contribution >= 0.6 is 11.3 Å². The van der Waals surface area contributed by atoms with Gasteiger partial charge in [0.05, 0.1) is 27.0 Å². The standard InChI is InChI=1S/C26H21N3O3S/c1-26(2,3)16-10-13-20-21(14-16)33-25(27-20)28-22(30)15-8-11-17(12-9-15)29-23(31)18-6-4-5-7-19(18)24(29)32/h4-14H,1-3H3,(H,27,28,30).